The fourth-order valence-corrected chi connectivity index (χ4v) is 3.88. The van der Waals surface area contributed by atoms with Gasteiger partial charge in [-0.25, -0.2) is 4.68 Å². The second-order valence-electron chi connectivity index (χ2n) is 7.43. The number of likely N-dealkylation sites (tertiary alicyclic amines) is 1. The minimum Gasteiger partial charge on any atom is -0.497 e. The van der Waals surface area contributed by atoms with Gasteiger partial charge < -0.3 is 9.64 Å². The SMILES string of the molecule is COc1cccc(CC(C(=O)N2CC(C)CC(C)C2)n2nnnc2C)c1. The van der Waals surface area contributed by atoms with E-state index in [1.807, 2.05) is 36.1 Å². The number of benzene rings is 1. The molecule has 140 valence electrons. The van der Waals surface area contributed by atoms with Crippen LogP contribution in [0.4, 0.5) is 0 Å². The van der Waals surface area contributed by atoms with E-state index in [4.69, 9.17) is 4.74 Å². The van der Waals surface area contributed by atoms with Crippen LogP contribution >= 0.6 is 0 Å². The van der Waals surface area contributed by atoms with Gasteiger partial charge in [-0.1, -0.05) is 26.0 Å². The van der Waals surface area contributed by atoms with Crippen molar-refractivity contribution >= 4 is 5.91 Å². The molecular weight excluding hydrogens is 330 g/mol. The molecular formula is C19H27N5O2. The molecule has 7 heteroatoms. The van der Waals surface area contributed by atoms with Crippen molar-refractivity contribution < 1.29 is 9.53 Å². The lowest BCUT2D eigenvalue weighted by Gasteiger charge is -2.37. The van der Waals surface area contributed by atoms with E-state index in [9.17, 15) is 4.79 Å². The largest absolute Gasteiger partial charge is 0.497 e. The molecule has 0 radical (unpaired) electrons. The predicted octanol–water partition coefficient (Wildman–Crippen LogP) is 2.28. The number of amides is 1. The number of ether oxygens (including phenoxy) is 1. The number of hydrogen-bond donors (Lipinski definition) is 0. The number of piperidine rings is 1. The molecule has 1 aliphatic rings. The lowest BCUT2D eigenvalue weighted by Crippen LogP contribution is -2.46. The molecule has 0 saturated carbocycles. The molecule has 1 aromatic heterocycles. The Morgan fingerprint density at radius 3 is 2.65 bits per heavy atom. The van der Waals surface area contributed by atoms with Gasteiger partial charge in [-0.2, -0.15) is 0 Å². The highest BCUT2D eigenvalue weighted by Crippen LogP contribution is 2.26. The van der Waals surface area contributed by atoms with Crippen LogP contribution in [-0.4, -0.2) is 51.2 Å². The summed E-state index contributed by atoms with van der Waals surface area (Å²) in [6.45, 7) is 7.82. The molecule has 1 amide bonds. The van der Waals surface area contributed by atoms with Crippen molar-refractivity contribution in [3.8, 4) is 5.75 Å². The van der Waals surface area contributed by atoms with Crippen LogP contribution in [0.25, 0.3) is 0 Å². The van der Waals surface area contributed by atoms with Crippen LogP contribution in [0.3, 0.4) is 0 Å². The van der Waals surface area contributed by atoms with Crippen molar-refractivity contribution in [2.75, 3.05) is 20.2 Å². The van der Waals surface area contributed by atoms with Crippen LogP contribution < -0.4 is 4.74 Å². The second-order valence-corrected chi connectivity index (χ2v) is 7.43. The van der Waals surface area contributed by atoms with E-state index in [0.717, 1.165) is 30.8 Å². The van der Waals surface area contributed by atoms with Crippen molar-refractivity contribution in [2.45, 2.75) is 39.7 Å². The summed E-state index contributed by atoms with van der Waals surface area (Å²) >= 11 is 0. The number of aromatic nitrogens is 4. The van der Waals surface area contributed by atoms with Gasteiger partial charge in [0.25, 0.3) is 0 Å². The predicted molar refractivity (Wildman–Crippen MR) is 97.8 cm³/mol. The van der Waals surface area contributed by atoms with Gasteiger partial charge in [-0.15, -0.1) is 5.10 Å². The molecule has 1 fully saturated rings. The third-order valence-corrected chi connectivity index (χ3v) is 4.98. The Kier molecular flexibility index (Phi) is 5.54. The quantitative estimate of drug-likeness (QED) is 0.821. The third kappa shape index (κ3) is 4.03. The molecule has 26 heavy (non-hydrogen) atoms. The zero-order valence-electron chi connectivity index (χ0n) is 15.9. The van der Waals surface area contributed by atoms with E-state index in [2.05, 4.69) is 29.4 Å². The number of aryl methyl sites for hydroxylation is 1. The summed E-state index contributed by atoms with van der Waals surface area (Å²) in [5, 5.41) is 11.8. The molecule has 7 nitrogen and oxygen atoms in total. The van der Waals surface area contributed by atoms with Crippen molar-refractivity contribution in [3.63, 3.8) is 0 Å². The third-order valence-electron chi connectivity index (χ3n) is 4.98. The Morgan fingerprint density at radius 1 is 1.31 bits per heavy atom. The highest BCUT2D eigenvalue weighted by Gasteiger charge is 2.32. The van der Waals surface area contributed by atoms with Gasteiger partial charge in [0, 0.05) is 19.5 Å². The lowest BCUT2D eigenvalue weighted by molar-refractivity contribution is -0.138. The molecule has 2 heterocycles. The molecule has 3 unspecified atom stereocenters. The van der Waals surface area contributed by atoms with E-state index >= 15 is 0 Å². The summed E-state index contributed by atoms with van der Waals surface area (Å²) < 4.78 is 6.96. The van der Waals surface area contributed by atoms with Gasteiger partial charge in [0.2, 0.25) is 5.91 Å². The van der Waals surface area contributed by atoms with E-state index in [1.54, 1.807) is 11.8 Å². The van der Waals surface area contributed by atoms with Gasteiger partial charge in [-0.3, -0.25) is 4.79 Å². The van der Waals surface area contributed by atoms with Crippen LogP contribution in [0.2, 0.25) is 0 Å². The number of carbonyl (C=O) groups excluding carboxylic acids is 1. The number of tetrazole rings is 1. The van der Waals surface area contributed by atoms with Crippen molar-refractivity contribution in [1.29, 1.82) is 0 Å². The molecule has 3 atom stereocenters. The maximum Gasteiger partial charge on any atom is 0.247 e. The Labute approximate surface area is 154 Å². The maximum absolute atomic E-state index is 13.4. The fraction of sp³-hybridized carbons (Fsp3) is 0.579. The summed E-state index contributed by atoms with van der Waals surface area (Å²) in [5.74, 6) is 2.53. The van der Waals surface area contributed by atoms with Gasteiger partial charge in [-0.05, 0) is 53.3 Å². The first-order valence-corrected chi connectivity index (χ1v) is 9.14. The first-order valence-electron chi connectivity index (χ1n) is 9.14. The smallest absolute Gasteiger partial charge is 0.247 e. The Morgan fingerprint density at radius 2 is 2.04 bits per heavy atom. The average Bonchev–Trinajstić information content (AvgIpc) is 3.04. The van der Waals surface area contributed by atoms with Crippen molar-refractivity contribution in [3.05, 3.63) is 35.7 Å². The minimum absolute atomic E-state index is 0.0848. The maximum atomic E-state index is 13.4. The van der Waals surface area contributed by atoms with Gasteiger partial charge in [0.15, 0.2) is 0 Å². The van der Waals surface area contributed by atoms with Crippen molar-refractivity contribution in [1.82, 2.24) is 25.1 Å². The summed E-state index contributed by atoms with van der Waals surface area (Å²) in [5.41, 5.74) is 1.02. The highest BCUT2D eigenvalue weighted by atomic mass is 16.5. The summed E-state index contributed by atoms with van der Waals surface area (Å²) in [7, 11) is 1.64. The van der Waals surface area contributed by atoms with E-state index in [-0.39, 0.29) is 5.91 Å². The summed E-state index contributed by atoms with van der Waals surface area (Å²) in [6, 6.07) is 7.35. The number of hydrogen-bond acceptors (Lipinski definition) is 5. The van der Waals surface area contributed by atoms with Crippen LogP contribution in [0, 0.1) is 18.8 Å². The second kappa shape index (κ2) is 7.85. The molecule has 1 aliphatic heterocycles. The lowest BCUT2D eigenvalue weighted by atomic mass is 9.91. The molecule has 3 rings (SSSR count). The molecule has 0 spiro atoms. The summed E-state index contributed by atoms with van der Waals surface area (Å²) in [4.78, 5) is 15.4. The van der Waals surface area contributed by atoms with Crippen LogP contribution in [0.5, 0.6) is 5.75 Å². The van der Waals surface area contributed by atoms with Crippen LogP contribution in [-0.2, 0) is 11.2 Å². The Balaban J connectivity index is 1.88. The average molecular weight is 357 g/mol. The van der Waals surface area contributed by atoms with Crippen LogP contribution in [0.15, 0.2) is 24.3 Å². The monoisotopic (exact) mass is 357 g/mol. The molecule has 2 aromatic rings. The molecule has 1 aromatic carbocycles. The normalized spacial score (nSPS) is 21.5. The molecule has 1 saturated heterocycles. The number of methoxy groups -OCH3 is 1. The summed E-state index contributed by atoms with van der Waals surface area (Å²) in [6.07, 6.45) is 1.69. The zero-order valence-corrected chi connectivity index (χ0v) is 15.9. The highest BCUT2D eigenvalue weighted by molar-refractivity contribution is 5.81. The first kappa shape index (κ1) is 18.4. The van der Waals surface area contributed by atoms with Crippen molar-refractivity contribution in [2.24, 2.45) is 11.8 Å². The number of carbonyl (C=O) groups is 1. The first-order chi connectivity index (χ1) is 12.5. The van der Waals surface area contributed by atoms with Crippen LogP contribution in [0.1, 0.15) is 37.7 Å². The van der Waals surface area contributed by atoms with Gasteiger partial charge >= 0.3 is 0 Å². The number of rotatable bonds is 5. The van der Waals surface area contributed by atoms with Gasteiger partial charge in [0.1, 0.15) is 17.6 Å². The van der Waals surface area contributed by atoms with E-state index in [0.29, 0.717) is 24.1 Å². The standard InChI is InChI=1S/C19H27N5O2/c1-13-8-14(2)12-23(11-13)19(25)18(24-15(3)20-21-22-24)10-16-6-5-7-17(9-16)26-4/h5-7,9,13-14,18H,8,10-12H2,1-4H3. The molecule has 0 aliphatic carbocycles. The number of nitrogens with zero attached hydrogens (tertiary/aromatic N) is 5. The zero-order chi connectivity index (χ0) is 18.7. The minimum atomic E-state index is -0.449. The van der Waals surface area contributed by atoms with Gasteiger partial charge in [0.05, 0.1) is 7.11 Å². The molecule has 0 N–H and O–H groups in total. The molecule has 0 bridgehead atoms. The topological polar surface area (TPSA) is 73.1 Å². The van der Waals surface area contributed by atoms with E-state index in [1.165, 1.54) is 0 Å². The Bertz CT molecular complexity index is 750. The Hall–Kier alpha value is -2.44. The fourth-order valence-electron chi connectivity index (χ4n) is 3.88. The van der Waals surface area contributed by atoms with E-state index < -0.39 is 6.04 Å².